The highest BCUT2D eigenvalue weighted by atomic mass is 16.3. The van der Waals surface area contributed by atoms with Crippen molar-refractivity contribution >= 4 is 11.4 Å². The van der Waals surface area contributed by atoms with Crippen molar-refractivity contribution in [2.75, 3.05) is 0 Å². The van der Waals surface area contributed by atoms with Gasteiger partial charge in [0.1, 0.15) is 24.1 Å². The monoisotopic (exact) mass is 363 g/mol. The Bertz CT molecular complexity index is 1130. The highest BCUT2D eigenvalue weighted by Crippen LogP contribution is 2.18. The van der Waals surface area contributed by atoms with Crippen LogP contribution in [0.15, 0.2) is 70.3 Å². The third-order valence-corrected chi connectivity index (χ3v) is 4.23. The molecule has 0 unspecified atom stereocenters. The van der Waals surface area contributed by atoms with Crippen LogP contribution >= 0.6 is 0 Å². The highest BCUT2D eigenvalue weighted by Gasteiger charge is 2.15. The van der Waals surface area contributed by atoms with Crippen LogP contribution in [0.1, 0.15) is 18.5 Å². The van der Waals surface area contributed by atoms with Crippen LogP contribution in [0.2, 0.25) is 0 Å². The molecule has 3 aromatic heterocycles. The number of rotatable bonds is 5. The van der Waals surface area contributed by atoms with Crippen LogP contribution in [0.4, 0.5) is 0 Å². The maximum atomic E-state index is 12.6. The Kier molecular flexibility index (Phi) is 4.29. The molecule has 0 saturated heterocycles. The maximum absolute atomic E-state index is 12.6. The van der Waals surface area contributed by atoms with Gasteiger partial charge in [-0.1, -0.05) is 30.3 Å². The lowest BCUT2D eigenvalue weighted by atomic mass is 10.1. The van der Waals surface area contributed by atoms with Crippen LogP contribution < -0.4 is 10.9 Å². The molecule has 3 heterocycles. The first-order chi connectivity index (χ1) is 13.1. The van der Waals surface area contributed by atoms with Crippen LogP contribution in [-0.4, -0.2) is 25.3 Å². The molecule has 1 atom stereocenters. The van der Waals surface area contributed by atoms with Crippen molar-refractivity contribution in [1.82, 2.24) is 24.7 Å². The molecule has 0 fully saturated rings. The molecule has 8 nitrogen and oxygen atoms in total. The van der Waals surface area contributed by atoms with Crippen molar-refractivity contribution in [1.29, 1.82) is 0 Å². The number of amides is 1. The van der Waals surface area contributed by atoms with E-state index < -0.39 is 5.56 Å². The van der Waals surface area contributed by atoms with Crippen LogP contribution in [0, 0.1) is 0 Å². The molecular weight excluding hydrogens is 346 g/mol. The number of benzene rings is 1. The Morgan fingerprint density at radius 3 is 2.78 bits per heavy atom. The number of hydrogen-bond acceptors (Lipinski definition) is 5. The second-order valence-corrected chi connectivity index (χ2v) is 6.13. The Morgan fingerprint density at radius 2 is 2.04 bits per heavy atom. The summed E-state index contributed by atoms with van der Waals surface area (Å²) >= 11 is 0. The summed E-state index contributed by atoms with van der Waals surface area (Å²) in [5.41, 5.74) is 1.44. The molecule has 27 heavy (non-hydrogen) atoms. The van der Waals surface area contributed by atoms with Gasteiger partial charge in [-0.15, -0.1) is 0 Å². The van der Waals surface area contributed by atoms with Crippen molar-refractivity contribution in [2.45, 2.75) is 19.5 Å². The molecule has 4 rings (SSSR count). The zero-order valence-electron chi connectivity index (χ0n) is 14.6. The molecule has 0 radical (unpaired) electrons. The topological polar surface area (TPSA) is 94.4 Å². The average molecular weight is 363 g/mol. The van der Waals surface area contributed by atoms with Crippen molar-refractivity contribution in [3.05, 3.63) is 77.0 Å². The van der Waals surface area contributed by atoms with Gasteiger partial charge in [-0.2, -0.15) is 10.2 Å². The van der Waals surface area contributed by atoms with Gasteiger partial charge in [-0.25, -0.2) is 9.20 Å². The largest absolute Gasteiger partial charge is 0.463 e. The standard InChI is InChI=1S/C19H17N5O3/c1-13(14-6-3-2-4-7-14)21-18(25)11-23-19(26)16-10-15(17-8-5-9-27-17)22-24(16)12-20-23/h2-10,12-13H,11H2,1H3,(H,21,25)/t13-/m1/s1. The third kappa shape index (κ3) is 3.37. The van der Waals surface area contributed by atoms with Crippen molar-refractivity contribution in [3.63, 3.8) is 0 Å². The smallest absolute Gasteiger partial charge is 0.293 e. The van der Waals surface area contributed by atoms with E-state index in [1.54, 1.807) is 18.2 Å². The lowest BCUT2D eigenvalue weighted by Crippen LogP contribution is -2.35. The quantitative estimate of drug-likeness (QED) is 0.585. The van der Waals surface area contributed by atoms with Gasteiger partial charge in [0.2, 0.25) is 5.91 Å². The van der Waals surface area contributed by atoms with Gasteiger partial charge in [0.25, 0.3) is 5.56 Å². The summed E-state index contributed by atoms with van der Waals surface area (Å²) in [4.78, 5) is 25.0. The number of nitrogens with one attached hydrogen (secondary N) is 1. The van der Waals surface area contributed by atoms with E-state index in [0.717, 1.165) is 10.2 Å². The normalized spacial score (nSPS) is 12.2. The second-order valence-electron chi connectivity index (χ2n) is 6.13. The number of hydrogen-bond donors (Lipinski definition) is 1. The predicted molar refractivity (Wildman–Crippen MR) is 97.9 cm³/mol. The van der Waals surface area contributed by atoms with Gasteiger partial charge in [0.15, 0.2) is 5.76 Å². The molecule has 136 valence electrons. The fourth-order valence-electron chi connectivity index (χ4n) is 2.84. The molecule has 1 aromatic carbocycles. The van der Waals surface area contributed by atoms with Gasteiger partial charge in [-0.05, 0) is 24.6 Å². The summed E-state index contributed by atoms with van der Waals surface area (Å²) < 4.78 is 7.80. The second kappa shape index (κ2) is 6.91. The minimum atomic E-state index is -0.398. The zero-order chi connectivity index (χ0) is 18.8. The van der Waals surface area contributed by atoms with E-state index in [1.807, 2.05) is 37.3 Å². The molecule has 0 aliphatic heterocycles. The average Bonchev–Trinajstić information content (AvgIpc) is 3.34. The Labute approximate surface area is 154 Å². The van der Waals surface area contributed by atoms with Gasteiger partial charge < -0.3 is 9.73 Å². The molecule has 0 bridgehead atoms. The summed E-state index contributed by atoms with van der Waals surface area (Å²) in [7, 11) is 0. The summed E-state index contributed by atoms with van der Waals surface area (Å²) in [6.07, 6.45) is 2.94. The predicted octanol–water partition coefficient (Wildman–Crippen LogP) is 2.03. The summed E-state index contributed by atoms with van der Waals surface area (Å²) in [6.45, 7) is 1.72. The van der Waals surface area contributed by atoms with Gasteiger partial charge >= 0.3 is 0 Å². The lowest BCUT2D eigenvalue weighted by Gasteiger charge is -2.14. The van der Waals surface area contributed by atoms with E-state index in [0.29, 0.717) is 17.0 Å². The first-order valence-electron chi connectivity index (χ1n) is 8.45. The Morgan fingerprint density at radius 1 is 1.22 bits per heavy atom. The number of carbonyl (C=O) groups is 1. The number of fused-ring (bicyclic) bond motifs is 1. The van der Waals surface area contributed by atoms with Crippen molar-refractivity contribution in [2.24, 2.45) is 0 Å². The minimum absolute atomic E-state index is 0.168. The van der Waals surface area contributed by atoms with Gasteiger partial charge in [-0.3, -0.25) is 9.59 Å². The fraction of sp³-hybridized carbons (Fsp3) is 0.158. The van der Waals surface area contributed by atoms with Crippen LogP contribution in [0.5, 0.6) is 0 Å². The molecule has 8 heteroatoms. The first-order valence-corrected chi connectivity index (χ1v) is 8.45. The lowest BCUT2D eigenvalue weighted by molar-refractivity contribution is -0.122. The number of nitrogens with zero attached hydrogens (tertiary/aromatic N) is 4. The van der Waals surface area contributed by atoms with E-state index >= 15 is 0 Å². The molecule has 0 aliphatic rings. The SMILES string of the molecule is C[C@@H](NC(=O)Cn1ncn2nc(-c3ccco3)cc2c1=O)c1ccccc1. The van der Waals surface area contributed by atoms with E-state index in [1.165, 1.54) is 17.1 Å². The molecule has 0 saturated carbocycles. The fourth-order valence-corrected chi connectivity index (χ4v) is 2.84. The molecule has 1 N–H and O–H groups in total. The Hall–Kier alpha value is -3.68. The van der Waals surface area contributed by atoms with Gasteiger partial charge in [0, 0.05) is 6.07 Å². The van der Waals surface area contributed by atoms with Crippen molar-refractivity contribution < 1.29 is 9.21 Å². The van der Waals surface area contributed by atoms with Crippen molar-refractivity contribution in [3.8, 4) is 11.5 Å². The number of furan rings is 1. The zero-order valence-corrected chi connectivity index (χ0v) is 14.6. The summed E-state index contributed by atoms with van der Waals surface area (Å²) in [6, 6.07) is 14.6. The summed E-state index contributed by atoms with van der Waals surface area (Å²) in [5, 5.41) is 11.2. The number of carbonyl (C=O) groups excluding carboxylic acids is 1. The van der Waals surface area contributed by atoms with Crippen LogP contribution in [0.3, 0.4) is 0 Å². The van der Waals surface area contributed by atoms with Crippen LogP contribution in [0.25, 0.3) is 17.0 Å². The van der Waals surface area contributed by atoms with Crippen LogP contribution in [-0.2, 0) is 11.3 Å². The summed E-state index contributed by atoms with van der Waals surface area (Å²) in [5.74, 6) is 0.259. The molecule has 4 aromatic rings. The van der Waals surface area contributed by atoms with E-state index in [2.05, 4.69) is 15.5 Å². The highest BCUT2D eigenvalue weighted by molar-refractivity contribution is 5.76. The number of aromatic nitrogens is 4. The minimum Gasteiger partial charge on any atom is -0.463 e. The Balaban J connectivity index is 1.54. The first kappa shape index (κ1) is 16.8. The van der Waals surface area contributed by atoms with E-state index in [-0.39, 0.29) is 18.5 Å². The molecule has 1 amide bonds. The molecular formula is C19H17N5O3. The molecule has 0 aliphatic carbocycles. The maximum Gasteiger partial charge on any atom is 0.293 e. The molecule has 0 spiro atoms. The van der Waals surface area contributed by atoms with Gasteiger partial charge in [0.05, 0.1) is 12.3 Å². The third-order valence-electron chi connectivity index (χ3n) is 4.23. The van der Waals surface area contributed by atoms with E-state index in [4.69, 9.17) is 4.42 Å². The van der Waals surface area contributed by atoms with E-state index in [9.17, 15) is 9.59 Å².